The zero-order valence-electron chi connectivity index (χ0n) is 18.6. The van der Waals surface area contributed by atoms with Crippen molar-refractivity contribution in [2.75, 3.05) is 43.4 Å². The predicted molar refractivity (Wildman–Crippen MR) is 130 cm³/mol. The van der Waals surface area contributed by atoms with Crippen molar-refractivity contribution in [3.63, 3.8) is 0 Å². The number of nitrogens with zero attached hydrogens (tertiary/aromatic N) is 5. The average Bonchev–Trinajstić information content (AvgIpc) is 3.38. The molecule has 0 radical (unpaired) electrons. The maximum absolute atomic E-state index is 13.2. The molecular formula is C24H25FN6OS. The SMILES string of the molecule is Cc1nn(Cc2ccc(F)cc2)c2sc(C(=O)Nc3ccc(N4CCN(C)CC4)nc3)cc12. The summed E-state index contributed by atoms with van der Waals surface area (Å²) < 4.78 is 15.1. The van der Waals surface area contributed by atoms with E-state index in [4.69, 9.17) is 0 Å². The lowest BCUT2D eigenvalue weighted by Gasteiger charge is -2.33. The van der Waals surface area contributed by atoms with Crippen molar-refractivity contribution >= 4 is 39.0 Å². The van der Waals surface area contributed by atoms with Crippen LogP contribution in [-0.4, -0.2) is 58.8 Å². The number of hydrogen-bond acceptors (Lipinski definition) is 6. The molecule has 7 nitrogen and oxygen atoms in total. The first-order valence-corrected chi connectivity index (χ1v) is 11.7. The van der Waals surface area contributed by atoms with Crippen molar-refractivity contribution in [1.82, 2.24) is 19.7 Å². The van der Waals surface area contributed by atoms with Gasteiger partial charge >= 0.3 is 0 Å². The highest BCUT2D eigenvalue weighted by Gasteiger charge is 2.18. The van der Waals surface area contributed by atoms with E-state index >= 15 is 0 Å². The summed E-state index contributed by atoms with van der Waals surface area (Å²) in [6, 6.07) is 12.1. The molecule has 170 valence electrons. The van der Waals surface area contributed by atoms with E-state index in [-0.39, 0.29) is 11.7 Å². The van der Waals surface area contributed by atoms with Gasteiger partial charge in [0.2, 0.25) is 0 Å². The number of aromatic nitrogens is 3. The van der Waals surface area contributed by atoms with Crippen LogP contribution in [0.2, 0.25) is 0 Å². The summed E-state index contributed by atoms with van der Waals surface area (Å²) in [7, 11) is 2.12. The van der Waals surface area contributed by atoms with Crippen molar-refractivity contribution in [3.8, 4) is 0 Å². The van der Waals surface area contributed by atoms with E-state index < -0.39 is 0 Å². The van der Waals surface area contributed by atoms with Crippen molar-refractivity contribution in [3.05, 3.63) is 70.6 Å². The second-order valence-corrected chi connectivity index (χ2v) is 9.38. The number of aryl methyl sites for hydroxylation is 1. The van der Waals surface area contributed by atoms with Crippen LogP contribution in [0.5, 0.6) is 0 Å². The Morgan fingerprint density at radius 3 is 2.58 bits per heavy atom. The molecule has 1 amide bonds. The highest BCUT2D eigenvalue weighted by Crippen LogP contribution is 2.29. The zero-order valence-corrected chi connectivity index (χ0v) is 19.4. The van der Waals surface area contributed by atoms with Gasteiger partial charge in [-0.1, -0.05) is 12.1 Å². The molecule has 1 aromatic carbocycles. The largest absolute Gasteiger partial charge is 0.354 e. The molecule has 0 saturated carbocycles. The standard InChI is InChI=1S/C24H25FN6OS/c1-16-20-13-21(33-24(20)31(28-16)15-17-3-5-18(25)6-4-17)23(32)27-19-7-8-22(26-14-19)30-11-9-29(2)10-12-30/h3-8,13-14H,9-12,15H2,1-2H3,(H,27,32). The smallest absolute Gasteiger partial charge is 0.265 e. The molecule has 4 heterocycles. The molecule has 0 atom stereocenters. The second kappa shape index (κ2) is 8.92. The molecule has 9 heteroatoms. The van der Waals surface area contributed by atoms with Gasteiger partial charge in [0.05, 0.1) is 29.0 Å². The lowest BCUT2D eigenvalue weighted by atomic mass is 10.2. The van der Waals surface area contributed by atoms with Crippen LogP contribution in [0.1, 0.15) is 20.9 Å². The topological polar surface area (TPSA) is 66.3 Å². The third-order valence-electron chi connectivity index (χ3n) is 5.91. The van der Waals surface area contributed by atoms with Gasteiger partial charge in [0, 0.05) is 31.6 Å². The highest BCUT2D eigenvalue weighted by atomic mass is 32.1. The van der Waals surface area contributed by atoms with E-state index in [1.54, 1.807) is 18.3 Å². The van der Waals surface area contributed by atoms with Gasteiger partial charge in [-0.05, 0) is 49.9 Å². The molecule has 4 aromatic rings. The van der Waals surface area contributed by atoms with Gasteiger partial charge in [0.1, 0.15) is 16.5 Å². The number of fused-ring (bicyclic) bond motifs is 1. The molecule has 1 aliphatic heterocycles. The molecular weight excluding hydrogens is 439 g/mol. The van der Waals surface area contributed by atoms with E-state index in [0.717, 1.165) is 53.5 Å². The second-order valence-electron chi connectivity index (χ2n) is 8.35. The lowest BCUT2D eigenvalue weighted by Crippen LogP contribution is -2.44. The van der Waals surface area contributed by atoms with Crippen LogP contribution in [0, 0.1) is 12.7 Å². The summed E-state index contributed by atoms with van der Waals surface area (Å²) in [6.07, 6.45) is 1.71. The number of carbonyl (C=O) groups excluding carboxylic acids is 1. The average molecular weight is 465 g/mol. The normalized spacial score (nSPS) is 14.7. The zero-order chi connectivity index (χ0) is 22.9. The Balaban J connectivity index is 1.30. The van der Waals surface area contributed by atoms with Gasteiger partial charge in [-0.3, -0.25) is 9.48 Å². The summed E-state index contributed by atoms with van der Waals surface area (Å²) >= 11 is 1.40. The number of likely N-dealkylation sites (N-methyl/N-ethyl adjacent to an activating group) is 1. The third-order valence-corrected chi connectivity index (χ3v) is 7.06. The molecule has 1 aliphatic rings. The first kappa shape index (κ1) is 21.5. The minimum Gasteiger partial charge on any atom is -0.354 e. The Hall–Kier alpha value is -3.30. The maximum atomic E-state index is 13.2. The summed E-state index contributed by atoms with van der Waals surface area (Å²) in [5, 5.41) is 8.50. The number of halogens is 1. The Bertz CT molecular complexity index is 1270. The van der Waals surface area contributed by atoms with Crippen LogP contribution in [0.3, 0.4) is 0 Å². The molecule has 5 rings (SSSR count). The van der Waals surface area contributed by atoms with E-state index in [9.17, 15) is 9.18 Å². The van der Waals surface area contributed by atoms with E-state index in [0.29, 0.717) is 17.1 Å². The fourth-order valence-corrected chi connectivity index (χ4v) is 5.03. The number of nitrogens with one attached hydrogen (secondary N) is 1. The van der Waals surface area contributed by atoms with Gasteiger partial charge in [-0.2, -0.15) is 5.10 Å². The van der Waals surface area contributed by atoms with Gasteiger partial charge in [0.25, 0.3) is 5.91 Å². The number of amides is 1. The van der Waals surface area contributed by atoms with Gasteiger partial charge in [-0.15, -0.1) is 11.3 Å². The first-order valence-electron chi connectivity index (χ1n) is 10.9. The van der Waals surface area contributed by atoms with Crippen LogP contribution >= 0.6 is 11.3 Å². The minimum atomic E-state index is -0.262. The Labute approximate surface area is 195 Å². The fourth-order valence-electron chi connectivity index (χ4n) is 3.97. The number of hydrogen-bond donors (Lipinski definition) is 1. The lowest BCUT2D eigenvalue weighted by molar-refractivity contribution is 0.103. The minimum absolute atomic E-state index is 0.168. The number of anilines is 2. The van der Waals surface area contributed by atoms with Crippen molar-refractivity contribution < 1.29 is 9.18 Å². The predicted octanol–water partition coefficient (Wildman–Crippen LogP) is 3.99. The fraction of sp³-hybridized carbons (Fsp3) is 0.292. The van der Waals surface area contributed by atoms with Crippen molar-refractivity contribution in [1.29, 1.82) is 0 Å². The van der Waals surface area contributed by atoms with Gasteiger partial charge < -0.3 is 15.1 Å². The Morgan fingerprint density at radius 2 is 1.88 bits per heavy atom. The molecule has 1 fully saturated rings. The van der Waals surface area contributed by atoms with Crippen molar-refractivity contribution in [2.24, 2.45) is 0 Å². The summed E-state index contributed by atoms with van der Waals surface area (Å²) in [5.74, 6) is 0.499. The Kier molecular flexibility index (Phi) is 5.82. The van der Waals surface area contributed by atoms with E-state index in [1.165, 1.54) is 23.5 Å². The number of piperazine rings is 1. The van der Waals surface area contributed by atoms with E-state index in [2.05, 4.69) is 32.2 Å². The summed E-state index contributed by atoms with van der Waals surface area (Å²) in [4.78, 5) is 23.5. The van der Waals surface area contributed by atoms with Crippen molar-refractivity contribution in [2.45, 2.75) is 13.5 Å². The molecule has 0 bridgehead atoms. The molecule has 0 unspecified atom stereocenters. The van der Waals surface area contributed by atoms with Crippen LogP contribution < -0.4 is 10.2 Å². The quantitative estimate of drug-likeness (QED) is 0.484. The molecule has 3 aromatic heterocycles. The first-order chi connectivity index (χ1) is 16.0. The third kappa shape index (κ3) is 4.60. The molecule has 1 N–H and O–H groups in total. The maximum Gasteiger partial charge on any atom is 0.265 e. The monoisotopic (exact) mass is 464 g/mol. The molecule has 0 spiro atoms. The van der Waals surface area contributed by atoms with Crippen LogP contribution in [0.25, 0.3) is 10.2 Å². The summed E-state index contributed by atoms with van der Waals surface area (Å²) in [6.45, 7) is 6.38. The number of thiophene rings is 1. The summed E-state index contributed by atoms with van der Waals surface area (Å²) in [5.41, 5.74) is 2.48. The number of pyridine rings is 1. The van der Waals surface area contributed by atoms with Gasteiger partial charge in [-0.25, -0.2) is 9.37 Å². The van der Waals surface area contributed by atoms with Gasteiger partial charge in [0.15, 0.2) is 0 Å². The number of carbonyl (C=O) groups is 1. The van der Waals surface area contributed by atoms with Crippen LogP contribution in [0.15, 0.2) is 48.7 Å². The van der Waals surface area contributed by atoms with Crippen LogP contribution in [0.4, 0.5) is 15.9 Å². The number of benzene rings is 1. The Morgan fingerprint density at radius 1 is 1.12 bits per heavy atom. The highest BCUT2D eigenvalue weighted by molar-refractivity contribution is 7.20. The number of rotatable bonds is 5. The van der Waals surface area contributed by atoms with E-state index in [1.807, 2.05) is 29.8 Å². The molecule has 33 heavy (non-hydrogen) atoms. The van der Waals surface area contributed by atoms with Crippen LogP contribution in [-0.2, 0) is 6.54 Å². The molecule has 1 saturated heterocycles. The molecule has 0 aliphatic carbocycles.